The van der Waals surface area contributed by atoms with E-state index in [9.17, 15) is 14.4 Å². The summed E-state index contributed by atoms with van der Waals surface area (Å²) >= 11 is 0. The van der Waals surface area contributed by atoms with Crippen molar-refractivity contribution in [1.29, 1.82) is 0 Å². The van der Waals surface area contributed by atoms with Crippen molar-refractivity contribution in [3.8, 4) is 22.8 Å². The Hall–Kier alpha value is -6.75. The first-order valence-corrected chi connectivity index (χ1v) is 21.2. The Labute approximate surface area is 359 Å². The summed E-state index contributed by atoms with van der Waals surface area (Å²) in [4.78, 5) is 67.0. The van der Waals surface area contributed by atoms with E-state index < -0.39 is 5.91 Å². The minimum absolute atomic E-state index is 0.0621. The number of anilines is 3. The summed E-state index contributed by atoms with van der Waals surface area (Å²) in [6.45, 7) is 16.7. The summed E-state index contributed by atoms with van der Waals surface area (Å²) in [6, 6.07) is 15.5. The third-order valence-electron chi connectivity index (χ3n) is 11.5. The van der Waals surface area contributed by atoms with Crippen molar-refractivity contribution in [3.63, 3.8) is 0 Å². The van der Waals surface area contributed by atoms with Gasteiger partial charge < -0.3 is 30.4 Å². The second kappa shape index (κ2) is 17.7. The van der Waals surface area contributed by atoms with Crippen molar-refractivity contribution in [2.24, 2.45) is 5.92 Å². The summed E-state index contributed by atoms with van der Waals surface area (Å²) in [5.41, 5.74) is 9.08. The number of hydrogen-bond donors (Lipinski definition) is 5. The number of amides is 4. The lowest BCUT2D eigenvalue weighted by atomic mass is 9.96. The van der Waals surface area contributed by atoms with Gasteiger partial charge in [0, 0.05) is 61.5 Å². The number of rotatable bonds is 13. The predicted octanol–water partition coefficient (Wildman–Crippen LogP) is 6.23. The summed E-state index contributed by atoms with van der Waals surface area (Å²) in [7, 11) is 0. The zero-order valence-electron chi connectivity index (χ0n) is 36.0. The number of carbonyl (C=O) groups is 3. The Bertz CT molecular complexity index is 2590. The number of piperidine rings is 1. The zero-order chi connectivity index (χ0) is 43.5. The van der Waals surface area contributed by atoms with Crippen molar-refractivity contribution in [1.82, 2.24) is 51.0 Å². The van der Waals surface area contributed by atoms with Crippen LogP contribution in [0.2, 0.25) is 0 Å². The largest absolute Gasteiger partial charge is 0.383 e. The van der Waals surface area contributed by atoms with Crippen molar-refractivity contribution in [3.05, 3.63) is 89.5 Å². The molecular formula is C45H53N13O4. The van der Waals surface area contributed by atoms with Crippen LogP contribution in [0.4, 0.5) is 21.9 Å². The van der Waals surface area contributed by atoms with E-state index in [0.29, 0.717) is 53.1 Å². The van der Waals surface area contributed by atoms with Crippen LogP contribution in [-0.2, 0) is 10.2 Å². The molecule has 322 valence electrons. The fourth-order valence-electron chi connectivity index (χ4n) is 8.00. The SMILES string of the molecule is Cc1cc(-c2ncnc3nc(-c4ccc(NCCNCC5CCN(c6ccc(N7CCC(=O)NC7=O)c(C)c6)CC5)cn4)[nH]c23)ccc1[C@@H](C)NC(=O)c1nc(C(C)(C)C)no1. The number of hydrogen-bond acceptors (Lipinski definition) is 13. The first-order valence-electron chi connectivity index (χ1n) is 21.2. The van der Waals surface area contributed by atoms with Crippen LogP contribution in [0.5, 0.6) is 0 Å². The van der Waals surface area contributed by atoms with E-state index in [2.05, 4.69) is 68.4 Å². The molecule has 0 bridgehead atoms. The molecule has 0 saturated carbocycles. The molecule has 6 heterocycles. The lowest BCUT2D eigenvalue weighted by Gasteiger charge is -2.34. The Morgan fingerprint density at radius 3 is 2.48 bits per heavy atom. The number of benzene rings is 2. The van der Waals surface area contributed by atoms with Gasteiger partial charge in [-0.3, -0.25) is 24.8 Å². The van der Waals surface area contributed by atoms with Crippen LogP contribution in [0.3, 0.4) is 0 Å². The molecule has 4 amide bonds. The molecule has 2 aromatic carbocycles. The number of aromatic amines is 1. The molecule has 4 aromatic heterocycles. The molecule has 62 heavy (non-hydrogen) atoms. The van der Waals surface area contributed by atoms with Crippen molar-refractivity contribution < 1.29 is 18.9 Å². The number of H-pyrrole nitrogens is 1. The predicted molar refractivity (Wildman–Crippen MR) is 237 cm³/mol. The van der Waals surface area contributed by atoms with Crippen molar-refractivity contribution in [2.45, 2.75) is 72.3 Å². The quantitative estimate of drug-likeness (QED) is 0.0817. The van der Waals surface area contributed by atoms with Gasteiger partial charge in [0.05, 0.1) is 23.6 Å². The van der Waals surface area contributed by atoms with Gasteiger partial charge in [0.15, 0.2) is 17.3 Å². The van der Waals surface area contributed by atoms with Crippen LogP contribution >= 0.6 is 0 Å². The van der Waals surface area contributed by atoms with Gasteiger partial charge in [0.1, 0.15) is 17.5 Å². The minimum atomic E-state index is -0.425. The lowest BCUT2D eigenvalue weighted by Crippen LogP contribution is -2.49. The molecule has 5 N–H and O–H groups in total. The van der Waals surface area contributed by atoms with Gasteiger partial charge in [0.25, 0.3) is 0 Å². The molecule has 17 heteroatoms. The number of urea groups is 1. The number of imide groups is 1. The monoisotopic (exact) mass is 839 g/mol. The summed E-state index contributed by atoms with van der Waals surface area (Å²) in [5.74, 6) is 0.965. The average Bonchev–Trinajstić information content (AvgIpc) is 3.94. The molecule has 0 aliphatic carbocycles. The Morgan fingerprint density at radius 2 is 1.77 bits per heavy atom. The number of aryl methyl sites for hydroxylation is 2. The number of nitrogens with one attached hydrogen (secondary N) is 5. The highest BCUT2D eigenvalue weighted by atomic mass is 16.5. The van der Waals surface area contributed by atoms with Crippen LogP contribution in [0.15, 0.2) is 65.6 Å². The molecule has 8 rings (SSSR count). The van der Waals surface area contributed by atoms with Crippen molar-refractivity contribution in [2.75, 3.05) is 54.4 Å². The first-order chi connectivity index (χ1) is 29.8. The van der Waals surface area contributed by atoms with Gasteiger partial charge in [-0.2, -0.15) is 4.98 Å². The van der Waals surface area contributed by atoms with Crippen LogP contribution in [0.1, 0.15) is 86.2 Å². The maximum Gasteiger partial charge on any atom is 0.328 e. The van der Waals surface area contributed by atoms with Crippen LogP contribution < -0.4 is 31.1 Å². The molecule has 2 aliphatic heterocycles. The third kappa shape index (κ3) is 9.27. The second-order valence-corrected chi connectivity index (χ2v) is 17.2. The summed E-state index contributed by atoms with van der Waals surface area (Å²) in [6.07, 6.45) is 5.84. The Balaban J connectivity index is 0.799. The van der Waals surface area contributed by atoms with Crippen LogP contribution in [0, 0.1) is 19.8 Å². The summed E-state index contributed by atoms with van der Waals surface area (Å²) in [5, 5.41) is 16.4. The normalized spacial score (nSPS) is 15.5. The number of aromatic nitrogens is 7. The molecule has 0 radical (unpaired) electrons. The molecule has 6 aromatic rings. The van der Waals surface area contributed by atoms with Gasteiger partial charge in [-0.05, 0) is 99.2 Å². The van der Waals surface area contributed by atoms with Crippen LogP contribution in [0.25, 0.3) is 33.9 Å². The molecular weight excluding hydrogens is 787 g/mol. The number of pyridine rings is 1. The van der Waals surface area contributed by atoms with E-state index in [1.54, 1.807) is 4.90 Å². The standard InChI is InChI=1S/C45H53N13O4/c1-26-21-30(7-10-33(26)28(3)51-41(60)42-55-43(56-62-42)45(4,5)6)37-38-40(50-25-49-37)54-39(53-38)34-11-8-31(24-48-34)47-17-16-46-23-29-13-18-57(19-14-29)32-9-12-35(27(2)22-32)58-20-15-36(59)52-44(58)61/h7-12,21-22,24-25,28-29,46-47H,13-20,23H2,1-6H3,(H,51,60)(H,52,59,61)(H,49,50,53,54)/t28-/m1/s1. The van der Waals surface area contributed by atoms with Gasteiger partial charge in [0.2, 0.25) is 5.91 Å². The van der Waals surface area contributed by atoms with E-state index in [-0.39, 0.29) is 29.3 Å². The number of fused-ring (bicyclic) bond motifs is 1. The van der Waals surface area contributed by atoms with E-state index >= 15 is 0 Å². The summed E-state index contributed by atoms with van der Waals surface area (Å²) < 4.78 is 5.23. The van der Waals surface area contributed by atoms with E-state index in [1.165, 1.54) is 12.0 Å². The lowest BCUT2D eigenvalue weighted by molar-refractivity contribution is -0.120. The fourth-order valence-corrected chi connectivity index (χ4v) is 8.00. The molecule has 1 atom stereocenters. The van der Waals surface area contributed by atoms with Gasteiger partial charge in [-0.1, -0.05) is 38.1 Å². The number of carbonyl (C=O) groups excluding carboxylic acids is 3. The van der Waals surface area contributed by atoms with Crippen molar-refractivity contribution >= 4 is 46.1 Å². The third-order valence-corrected chi connectivity index (χ3v) is 11.5. The van der Waals surface area contributed by atoms with E-state index in [1.807, 2.05) is 84.1 Å². The maximum absolute atomic E-state index is 12.9. The number of imidazole rings is 1. The highest BCUT2D eigenvalue weighted by Gasteiger charge is 2.27. The first kappa shape index (κ1) is 42.0. The Morgan fingerprint density at radius 1 is 0.952 bits per heavy atom. The van der Waals surface area contributed by atoms with E-state index in [4.69, 9.17) is 9.51 Å². The van der Waals surface area contributed by atoms with Crippen LogP contribution in [-0.4, -0.2) is 92.2 Å². The minimum Gasteiger partial charge on any atom is -0.383 e. The van der Waals surface area contributed by atoms with Gasteiger partial charge in [-0.15, -0.1) is 0 Å². The molecule has 17 nitrogen and oxygen atoms in total. The van der Waals surface area contributed by atoms with E-state index in [0.717, 1.165) is 79.2 Å². The molecule has 2 fully saturated rings. The smallest absolute Gasteiger partial charge is 0.328 e. The average molecular weight is 840 g/mol. The fraction of sp³-hybridized carbons (Fsp3) is 0.400. The highest BCUT2D eigenvalue weighted by Crippen LogP contribution is 2.31. The van der Waals surface area contributed by atoms with Gasteiger partial charge >= 0.3 is 17.8 Å². The van der Waals surface area contributed by atoms with Gasteiger partial charge in [-0.25, -0.2) is 19.7 Å². The number of nitrogens with zero attached hydrogens (tertiary/aromatic N) is 8. The molecule has 2 aliphatic rings. The molecule has 2 saturated heterocycles. The highest BCUT2D eigenvalue weighted by molar-refractivity contribution is 6.06. The molecule has 0 unspecified atom stereocenters. The topological polar surface area (TPSA) is 212 Å². The zero-order valence-corrected chi connectivity index (χ0v) is 36.0. The maximum atomic E-state index is 12.9. The second-order valence-electron chi connectivity index (χ2n) is 17.2. The Kier molecular flexibility index (Phi) is 12.0. The molecule has 0 spiro atoms.